The molecule has 2 rings (SSSR count). The summed E-state index contributed by atoms with van der Waals surface area (Å²) in [5, 5.41) is 0. The zero-order valence-electron chi connectivity index (χ0n) is 9.33. The summed E-state index contributed by atoms with van der Waals surface area (Å²) in [7, 11) is 0. The third-order valence-electron chi connectivity index (χ3n) is 2.93. The van der Waals surface area contributed by atoms with Crippen molar-refractivity contribution in [2.75, 3.05) is 6.61 Å². The number of benzene rings is 1. The van der Waals surface area contributed by atoms with E-state index in [1.807, 2.05) is 0 Å². The van der Waals surface area contributed by atoms with E-state index in [-0.39, 0.29) is 17.7 Å². The molecule has 1 aromatic carbocycles. The third-order valence-corrected chi connectivity index (χ3v) is 2.93. The summed E-state index contributed by atoms with van der Waals surface area (Å²) in [6.07, 6.45) is 2.38. The monoisotopic (exact) mass is 222 g/mol. The molecule has 1 heterocycles. The lowest BCUT2D eigenvalue weighted by molar-refractivity contribution is 0.0186. The molecular weight excluding hydrogens is 207 g/mol. The summed E-state index contributed by atoms with van der Waals surface area (Å²) in [5.41, 5.74) is 0.969. The summed E-state index contributed by atoms with van der Waals surface area (Å²) >= 11 is 0. The molecule has 1 aliphatic rings. The van der Waals surface area contributed by atoms with Crippen molar-refractivity contribution in [3.63, 3.8) is 0 Å². The lowest BCUT2D eigenvalue weighted by atomic mass is 9.99. The van der Waals surface area contributed by atoms with Crippen LogP contribution in [0.4, 0.5) is 4.39 Å². The molecule has 0 bridgehead atoms. The standard InChI is InChI=1S/C13H15FO2/c1-9-5-6-10(8-11(9)14)13(15)12-4-2-3-7-16-12/h5-6,8,12H,2-4,7H2,1H3. The Morgan fingerprint density at radius 2 is 2.25 bits per heavy atom. The molecule has 1 unspecified atom stereocenters. The van der Waals surface area contributed by atoms with E-state index in [2.05, 4.69) is 0 Å². The van der Waals surface area contributed by atoms with Gasteiger partial charge in [0.15, 0.2) is 5.78 Å². The molecule has 1 aliphatic heterocycles. The molecule has 0 saturated carbocycles. The number of carbonyl (C=O) groups is 1. The van der Waals surface area contributed by atoms with Gasteiger partial charge in [-0.15, -0.1) is 0 Å². The first-order valence-corrected chi connectivity index (χ1v) is 5.60. The molecule has 0 spiro atoms. The molecule has 1 saturated heterocycles. The molecule has 0 aromatic heterocycles. The first kappa shape index (κ1) is 11.3. The van der Waals surface area contributed by atoms with Gasteiger partial charge in [-0.25, -0.2) is 4.39 Å². The van der Waals surface area contributed by atoms with Crippen molar-refractivity contribution < 1.29 is 13.9 Å². The highest BCUT2D eigenvalue weighted by atomic mass is 19.1. The Bertz CT molecular complexity index is 395. The Hall–Kier alpha value is -1.22. The van der Waals surface area contributed by atoms with Crippen LogP contribution in [0.1, 0.15) is 35.2 Å². The van der Waals surface area contributed by atoms with Crippen molar-refractivity contribution in [3.8, 4) is 0 Å². The van der Waals surface area contributed by atoms with E-state index >= 15 is 0 Å². The van der Waals surface area contributed by atoms with Crippen molar-refractivity contribution in [2.24, 2.45) is 0 Å². The van der Waals surface area contributed by atoms with Gasteiger partial charge < -0.3 is 4.74 Å². The van der Waals surface area contributed by atoms with Gasteiger partial charge in [0.2, 0.25) is 0 Å². The van der Waals surface area contributed by atoms with Crippen molar-refractivity contribution >= 4 is 5.78 Å². The van der Waals surface area contributed by atoms with Crippen molar-refractivity contribution in [1.29, 1.82) is 0 Å². The van der Waals surface area contributed by atoms with Crippen LogP contribution in [0.15, 0.2) is 18.2 Å². The number of ether oxygens (including phenoxy) is 1. The van der Waals surface area contributed by atoms with Crippen LogP contribution in [-0.2, 0) is 4.74 Å². The Labute approximate surface area is 94.4 Å². The fraction of sp³-hybridized carbons (Fsp3) is 0.462. The van der Waals surface area contributed by atoms with Crippen LogP contribution in [0, 0.1) is 12.7 Å². The third kappa shape index (κ3) is 2.30. The molecular formula is C13H15FO2. The van der Waals surface area contributed by atoms with E-state index in [1.54, 1.807) is 19.1 Å². The fourth-order valence-corrected chi connectivity index (χ4v) is 1.88. The van der Waals surface area contributed by atoms with Gasteiger partial charge in [-0.2, -0.15) is 0 Å². The highest BCUT2D eigenvalue weighted by Gasteiger charge is 2.23. The first-order chi connectivity index (χ1) is 7.68. The number of carbonyl (C=O) groups excluding carboxylic acids is 1. The molecule has 86 valence electrons. The lowest BCUT2D eigenvalue weighted by Crippen LogP contribution is -2.28. The first-order valence-electron chi connectivity index (χ1n) is 5.60. The van der Waals surface area contributed by atoms with Gasteiger partial charge in [0, 0.05) is 12.2 Å². The predicted molar refractivity (Wildman–Crippen MR) is 59.1 cm³/mol. The van der Waals surface area contributed by atoms with Crippen molar-refractivity contribution in [1.82, 2.24) is 0 Å². The van der Waals surface area contributed by atoms with Gasteiger partial charge in [-0.1, -0.05) is 12.1 Å². The average molecular weight is 222 g/mol. The largest absolute Gasteiger partial charge is 0.370 e. The zero-order valence-corrected chi connectivity index (χ0v) is 9.33. The molecule has 0 aliphatic carbocycles. The van der Waals surface area contributed by atoms with Crippen LogP contribution in [-0.4, -0.2) is 18.5 Å². The maximum absolute atomic E-state index is 13.3. The minimum atomic E-state index is -0.379. The quantitative estimate of drug-likeness (QED) is 0.719. The van der Waals surface area contributed by atoms with Gasteiger partial charge in [-0.3, -0.25) is 4.79 Å². The minimum Gasteiger partial charge on any atom is -0.370 e. The zero-order chi connectivity index (χ0) is 11.5. The summed E-state index contributed by atoms with van der Waals surface area (Å²) in [4.78, 5) is 12.0. The smallest absolute Gasteiger partial charge is 0.191 e. The van der Waals surface area contributed by atoms with E-state index in [9.17, 15) is 9.18 Å². The van der Waals surface area contributed by atoms with E-state index in [4.69, 9.17) is 4.74 Å². The SMILES string of the molecule is Cc1ccc(C(=O)C2CCCCO2)cc1F. The molecule has 0 radical (unpaired) electrons. The number of halogens is 1. The second-order valence-electron chi connectivity index (χ2n) is 4.18. The molecule has 2 nitrogen and oxygen atoms in total. The maximum atomic E-state index is 13.3. The van der Waals surface area contributed by atoms with Crippen LogP contribution in [0.2, 0.25) is 0 Å². The van der Waals surface area contributed by atoms with Crippen LogP contribution < -0.4 is 0 Å². The number of Topliss-reactive ketones (excluding diaryl/α,β-unsaturated/α-hetero) is 1. The minimum absolute atomic E-state index is 0.0985. The normalized spacial score (nSPS) is 20.8. The molecule has 1 fully saturated rings. The van der Waals surface area contributed by atoms with Crippen LogP contribution in [0.3, 0.4) is 0 Å². The Balaban J connectivity index is 2.16. The van der Waals surface area contributed by atoms with E-state index in [0.717, 1.165) is 19.3 Å². The number of hydrogen-bond donors (Lipinski definition) is 0. The summed E-state index contributed by atoms with van der Waals surface area (Å²) in [6, 6.07) is 4.60. The van der Waals surface area contributed by atoms with Gasteiger partial charge in [-0.05, 0) is 37.8 Å². The summed E-state index contributed by atoms with van der Waals surface area (Å²) < 4.78 is 18.7. The highest BCUT2D eigenvalue weighted by molar-refractivity contribution is 5.99. The lowest BCUT2D eigenvalue weighted by Gasteiger charge is -2.21. The molecule has 0 N–H and O–H groups in total. The van der Waals surface area contributed by atoms with Crippen LogP contribution in [0.25, 0.3) is 0 Å². The fourth-order valence-electron chi connectivity index (χ4n) is 1.88. The Kier molecular flexibility index (Phi) is 3.34. The second kappa shape index (κ2) is 4.74. The van der Waals surface area contributed by atoms with Crippen LogP contribution >= 0.6 is 0 Å². The van der Waals surface area contributed by atoms with Gasteiger partial charge in [0.25, 0.3) is 0 Å². The van der Waals surface area contributed by atoms with Gasteiger partial charge in [0.1, 0.15) is 11.9 Å². The molecule has 3 heteroatoms. The average Bonchev–Trinajstić information content (AvgIpc) is 2.33. The Morgan fingerprint density at radius 1 is 1.44 bits per heavy atom. The Morgan fingerprint density at radius 3 is 2.88 bits per heavy atom. The second-order valence-corrected chi connectivity index (χ2v) is 4.18. The maximum Gasteiger partial charge on any atom is 0.191 e. The van der Waals surface area contributed by atoms with E-state index in [0.29, 0.717) is 17.7 Å². The number of hydrogen-bond acceptors (Lipinski definition) is 2. The van der Waals surface area contributed by atoms with Gasteiger partial charge in [0.05, 0.1) is 0 Å². The highest BCUT2D eigenvalue weighted by Crippen LogP contribution is 2.18. The summed E-state index contributed by atoms with van der Waals surface area (Å²) in [5.74, 6) is -0.430. The van der Waals surface area contributed by atoms with Gasteiger partial charge >= 0.3 is 0 Å². The van der Waals surface area contributed by atoms with Crippen molar-refractivity contribution in [3.05, 3.63) is 35.1 Å². The molecule has 0 amide bonds. The number of aryl methyl sites for hydroxylation is 1. The molecule has 16 heavy (non-hydrogen) atoms. The van der Waals surface area contributed by atoms with Crippen LogP contribution in [0.5, 0.6) is 0 Å². The molecule has 1 aromatic rings. The van der Waals surface area contributed by atoms with E-state index in [1.165, 1.54) is 6.07 Å². The predicted octanol–water partition coefficient (Wildman–Crippen LogP) is 2.89. The van der Waals surface area contributed by atoms with Crippen molar-refractivity contribution in [2.45, 2.75) is 32.3 Å². The summed E-state index contributed by atoms with van der Waals surface area (Å²) in [6.45, 7) is 2.31. The van der Waals surface area contributed by atoms with E-state index < -0.39 is 0 Å². The number of rotatable bonds is 2. The topological polar surface area (TPSA) is 26.3 Å². The number of ketones is 1. The molecule has 1 atom stereocenters.